The van der Waals surface area contributed by atoms with Crippen molar-refractivity contribution in [1.82, 2.24) is 9.88 Å². The number of hydrogen-bond donors (Lipinski definition) is 1. The normalized spacial score (nSPS) is 60.8. The molecule has 0 spiro atoms. The molecule has 1 unspecified atom stereocenters. The lowest BCUT2D eigenvalue weighted by Crippen LogP contribution is -2.43. The Morgan fingerprint density at radius 2 is 2.33 bits per heavy atom. The maximum Gasteiger partial charge on any atom is 0.340 e. The van der Waals surface area contributed by atoms with Gasteiger partial charge in [0.05, 0.1) is 9.68 Å². The van der Waals surface area contributed by atoms with Crippen molar-refractivity contribution in [3.63, 3.8) is 0 Å². The van der Waals surface area contributed by atoms with E-state index in [2.05, 4.69) is 4.98 Å². The maximum atomic E-state index is 13.2. The van der Waals surface area contributed by atoms with Crippen molar-refractivity contribution in [2.75, 3.05) is 6.98 Å². The van der Waals surface area contributed by atoms with E-state index in [0.717, 1.165) is 6.07 Å². The van der Waals surface area contributed by atoms with E-state index in [1.54, 1.807) is 0 Å². The predicted octanol–water partition coefficient (Wildman–Crippen LogP) is 2.95. The molecule has 0 saturated carbocycles. The first kappa shape index (κ1) is 4.35. The molecule has 2 saturated heterocycles. The van der Waals surface area contributed by atoms with Gasteiger partial charge in [-0.1, -0.05) is 18.2 Å². The Morgan fingerprint density at radius 3 is 3.10 bits per heavy atom. The van der Waals surface area contributed by atoms with E-state index >= 15 is 0 Å². The topological polar surface area (TPSA) is 45.3 Å². The number of aromatic nitrogens is 1. The summed E-state index contributed by atoms with van der Waals surface area (Å²) in [6.07, 6.45) is -20.8. The summed E-state index contributed by atoms with van der Waals surface area (Å²) >= 11 is 0. The Morgan fingerprint density at radius 1 is 1.52 bits per heavy atom. The fourth-order valence-corrected chi connectivity index (χ4v) is 2.06. The van der Waals surface area contributed by atoms with Crippen molar-refractivity contribution in [2.24, 2.45) is 0 Å². The number of nitrogens with zero attached hydrogens (tertiary/aromatic N) is 1. The molecule has 21 heavy (non-hydrogen) atoms. The number of ether oxygens (including phenoxy) is 1. The molecule has 2 bridgehead atoms. The van der Waals surface area contributed by atoms with Gasteiger partial charge < -0.3 is 14.6 Å². The molecule has 4 heteroatoms. The minimum absolute atomic E-state index is 0.0954. The van der Waals surface area contributed by atoms with Crippen LogP contribution in [0.3, 0.4) is 0 Å². The predicted molar refractivity (Wildman–Crippen MR) is 81.3 cm³/mol. The second kappa shape index (κ2) is 4.88. The summed E-state index contributed by atoms with van der Waals surface area (Å²) in [4.78, 5) is 15.2. The molecule has 0 amide bonds. The van der Waals surface area contributed by atoms with Crippen LogP contribution in [0, 0.1) is 0 Å². The second-order valence-electron chi connectivity index (χ2n) is 4.35. The lowest BCUT2D eigenvalue weighted by Gasteiger charge is -2.35. The highest BCUT2D eigenvalue weighted by atomic mass is 16.5. The van der Waals surface area contributed by atoms with E-state index in [9.17, 15) is 4.79 Å². The smallest absolute Gasteiger partial charge is 0.340 e. The molecule has 3 heterocycles. The van der Waals surface area contributed by atoms with Crippen molar-refractivity contribution in [3.8, 4) is 0 Å². The van der Waals surface area contributed by atoms with Crippen LogP contribution in [0.15, 0.2) is 30.4 Å². The first-order chi connectivity index (χ1) is 16.4. The quantitative estimate of drug-likeness (QED) is 0.867. The standard InChI is InChI=1S/C17H20N2O2/c1-19-11-6-7-12(19)9-13(8-11)21-17(20)15-10-18-16-5-3-2-4-14(15)16/h2-5,10-13,18H,6-9H2,1H3/t11-,12+,13?/i1D3,2D,6D2,7D2,8D2,9D2,10D,11D,12D,13D. The summed E-state index contributed by atoms with van der Waals surface area (Å²) in [5, 5.41) is -0.0954. The summed E-state index contributed by atoms with van der Waals surface area (Å²) in [7, 11) is 0. The molecular weight excluding hydrogens is 264 g/mol. The van der Waals surface area contributed by atoms with Crippen LogP contribution in [0.2, 0.25) is 0 Å². The summed E-state index contributed by atoms with van der Waals surface area (Å²) in [6, 6.07) is -4.32. The highest BCUT2D eigenvalue weighted by Crippen LogP contribution is 2.35. The molecule has 1 aromatic heterocycles. The number of aromatic amines is 1. The number of H-pyrrole nitrogens is 1. The maximum absolute atomic E-state index is 13.2. The van der Waals surface area contributed by atoms with E-state index in [4.69, 9.17) is 26.7 Å². The first-order valence-electron chi connectivity index (χ1n) is 14.0. The van der Waals surface area contributed by atoms with Crippen LogP contribution in [-0.2, 0) is 4.74 Å². The molecule has 2 fully saturated rings. The molecule has 2 aromatic rings. The molecule has 2 aliphatic rings. The zero-order valence-electron chi connectivity index (χ0n) is 26.5. The van der Waals surface area contributed by atoms with E-state index < -0.39 is 73.2 Å². The number of carbonyl (C=O) groups is 1. The van der Waals surface area contributed by atoms with Gasteiger partial charge in [0.15, 0.2) is 0 Å². The second-order valence-corrected chi connectivity index (χ2v) is 4.35. The molecule has 1 aromatic carbocycles. The van der Waals surface area contributed by atoms with Gasteiger partial charge in [-0.25, -0.2) is 4.79 Å². The monoisotopic (exact) mass is 300 g/mol. The Hall–Kier alpha value is -1.81. The largest absolute Gasteiger partial charge is 0.459 e. The number of carbonyl (C=O) groups excluding carboxylic acids is 1. The number of fused-ring (bicyclic) bond motifs is 3. The van der Waals surface area contributed by atoms with Gasteiger partial charge in [-0.3, -0.25) is 0 Å². The summed E-state index contributed by atoms with van der Waals surface area (Å²) in [6.45, 7) is -3.80. The number of para-hydroxylation sites is 1. The van der Waals surface area contributed by atoms with E-state index in [-0.39, 0.29) is 16.9 Å². The van der Waals surface area contributed by atoms with Gasteiger partial charge in [0.25, 0.3) is 0 Å². The van der Waals surface area contributed by atoms with Crippen LogP contribution in [0.4, 0.5) is 0 Å². The lowest BCUT2D eigenvalue weighted by atomic mass is 10.0. The zero-order chi connectivity index (χ0) is 28.6. The number of esters is 1. The number of rotatable bonds is 2. The van der Waals surface area contributed by atoms with Crippen LogP contribution in [0.5, 0.6) is 0 Å². The third-order valence-corrected chi connectivity index (χ3v) is 3.06. The van der Waals surface area contributed by atoms with Crippen molar-refractivity contribution in [2.45, 2.75) is 43.6 Å². The van der Waals surface area contributed by atoms with Crippen LogP contribution >= 0.6 is 0 Å². The van der Waals surface area contributed by atoms with Gasteiger partial charge in [-0.15, -0.1) is 0 Å². The van der Waals surface area contributed by atoms with Crippen molar-refractivity contribution < 1.29 is 31.5 Å². The first-order valence-corrected chi connectivity index (χ1v) is 6.02. The average Bonchev–Trinajstić information content (AvgIpc) is 3.09. The van der Waals surface area contributed by atoms with E-state index in [0.29, 0.717) is 0 Å². The van der Waals surface area contributed by atoms with Crippen LogP contribution in [0.1, 0.15) is 57.8 Å². The number of benzene rings is 1. The highest BCUT2D eigenvalue weighted by Gasteiger charge is 2.40. The van der Waals surface area contributed by atoms with Crippen LogP contribution in [-0.4, -0.2) is 40.9 Å². The van der Waals surface area contributed by atoms with Gasteiger partial charge in [0, 0.05) is 59.7 Å². The third kappa shape index (κ3) is 2.14. The fourth-order valence-electron chi connectivity index (χ4n) is 2.06. The summed E-state index contributed by atoms with van der Waals surface area (Å²) in [5.74, 6) is -1.72. The van der Waals surface area contributed by atoms with E-state index in [1.807, 2.05) is 0 Å². The number of piperidine rings is 1. The molecule has 2 aliphatic heterocycles. The van der Waals surface area contributed by atoms with Gasteiger partial charge in [-0.2, -0.15) is 0 Å². The Labute approximate surface area is 146 Å². The molecule has 3 atom stereocenters. The highest BCUT2D eigenvalue weighted by molar-refractivity contribution is 6.04. The number of hydrogen-bond acceptors (Lipinski definition) is 3. The van der Waals surface area contributed by atoms with Crippen molar-refractivity contribution in [1.29, 1.82) is 0 Å². The molecule has 0 radical (unpaired) electrons. The van der Waals surface area contributed by atoms with Crippen LogP contribution in [0.25, 0.3) is 10.9 Å². The molecule has 1 N–H and O–H groups in total. The van der Waals surface area contributed by atoms with Gasteiger partial charge in [0.1, 0.15) is 6.08 Å². The summed E-state index contributed by atoms with van der Waals surface area (Å²) in [5.41, 5.74) is -0.520. The molecule has 4 rings (SSSR count). The minimum Gasteiger partial charge on any atom is -0.459 e. The van der Waals surface area contributed by atoms with Crippen molar-refractivity contribution in [3.05, 3.63) is 36.0 Å². The molecule has 0 aliphatic carbocycles. The Bertz CT molecular complexity index is 1280. The van der Waals surface area contributed by atoms with Gasteiger partial charge in [-0.05, 0) is 25.8 Å². The average molecular weight is 300 g/mol. The van der Waals surface area contributed by atoms with Gasteiger partial charge in [0.2, 0.25) is 0 Å². The Kier molecular flexibility index (Phi) is 1.01. The SMILES string of the molecule is [2H]c1ccc2[nH]c([2H])c(C(=O)OC3([2H])C([2H])([2H])[C@]4([2H])N(C([2H])([2H])[2H])[C@]([2H])(C3([2H])[2H])C([2H])([2H])C4([2H])[2H])c2c1. The van der Waals surface area contributed by atoms with Gasteiger partial charge >= 0.3 is 5.97 Å². The number of nitrogens with one attached hydrogen (secondary N) is 1. The minimum atomic E-state index is -4.12. The third-order valence-electron chi connectivity index (χ3n) is 3.06. The fraction of sp³-hybridized carbons (Fsp3) is 0.471. The molecular formula is C17H20N2O2. The zero-order valence-corrected chi connectivity index (χ0v) is 10.5. The lowest BCUT2D eigenvalue weighted by molar-refractivity contribution is -0.000258. The van der Waals surface area contributed by atoms with E-state index in [1.165, 1.54) is 12.1 Å². The molecule has 4 nitrogen and oxygen atoms in total. The van der Waals surface area contributed by atoms with Crippen LogP contribution < -0.4 is 0 Å². The Balaban J connectivity index is 2.01. The summed E-state index contributed by atoms with van der Waals surface area (Å²) < 4.78 is 137. The van der Waals surface area contributed by atoms with Crippen molar-refractivity contribution >= 4 is 16.9 Å². The molecule has 110 valence electrons.